The first kappa shape index (κ1) is 17.0. The van der Waals surface area contributed by atoms with Crippen molar-refractivity contribution in [2.24, 2.45) is 11.7 Å². The highest BCUT2D eigenvalue weighted by atomic mass is 79.9. The predicted molar refractivity (Wildman–Crippen MR) is 87.6 cm³/mol. The number of hydrogen-bond donors (Lipinski definition) is 1. The quantitative estimate of drug-likeness (QED) is 0.822. The molecule has 0 bridgehead atoms. The summed E-state index contributed by atoms with van der Waals surface area (Å²) >= 11 is 9.73. The van der Waals surface area contributed by atoms with E-state index in [0.29, 0.717) is 12.0 Å². The van der Waals surface area contributed by atoms with E-state index in [1.165, 1.54) is 0 Å². The summed E-state index contributed by atoms with van der Waals surface area (Å²) in [7, 11) is 2.12. The molecule has 1 aromatic rings. The van der Waals surface area contributed by atoms with Crippen LogP contribution in [0.5, 0.6) is 0 Å². The molecular formula is C15H24BrClN2. The first-order chi connectivity index (χ1) is 8.82. The van der Waals surface area contributed by atoms with Gasteiger partial charge >= 0.3 is 0 Å². The van der Waals surface area contributed by atoms with E-state index in [0.717, 1.165) is 28.0 Å². The molecule has 0 aliphatic carbocycles. The van der Waals surface area contributed by atoms with Gasteiger partial charge in [-0.1, -0.05) is 47.4 Å². The normalized spacial score (nSPS) is 15.0. The number of benzene rings is 1. The van der Waals surface area contributed by atoms with Crippen molar-refractivity contribution in [1.29, 1.82) is 0 Å². The Hall–Kier alpha value is -0.0900. The standard InChI is InChI=1S/C15H24BrClN2/c1-10(2)15(18)7-8-19(4)11(3)13-6-5-12(16)9-14(13)17/h5-6,9-11,15H,7-8,18H2,1-4H3. The molecular weight excluding hydrogens is 324 g/mol. The van der Waals surface area contributed by atoms with E-state index in [1.807, 2.05) is 12.1 Å². The minimum atomic E-state index is 0.259. The number of hydrogen-bond acceptors (Lipinski definition) is 2. The van der Waals surface area contributed by atoms with Gasteiger partial charge < -0.3 is 5.73 Å². The van der Waals surface area contributed by atoms with Crippen LogP contribution in [0.25, 0.3) is 0 Å². The first-order valence-electron chi connectivity index (χ1n) is 6.73. The molecule has 19 heavy (non-hydrogen) atoms. The van der Waals surface area contributed by atoms with Crippen molar-refractivity contribution in [2.75, 3.05) is 13.6 Å². The van der Waals surface area contributed by atoms with Crippen LogP contribution in [-0.2, 0) is 0 Å². The van der Waals surface area contributed by atoms with Gasteiger partial charge in [0.25, 0.3) is 0 Å². The van der Waals surface area contributed by atoms with Gasteiger partial charge in [0.05, 0.1) is 0 Å². The molecule has 0 spiro atoms. The molecule has 0 heterocycles. The lowest BCUT2D eigenvalue weighted by Crippen LogP contribution is -2.33. The molecule has 108 valence electrons. The molecule has 0 aliphatic heterocycles. The van der Waals surface area contributed by atoms with Crippen molar-refractivity contribution in [3.8, 4) is 0 Å². The highest BCUT2D eigenvalue weighted by Crippen LogP contribution is 2.29. The number of halogens is 2. The molecule has 2 atom stereocenters. The average Bonchev–Trinajstić information content (AvgIpc) is 2.34. The Balaban J connectivity index is 2.63. The Morgan fingerprint density at radius 1 is 1.32 bits per heavy atom. The molecule has 0 amide bonds. The third-order valence-corrected chi connectivity index (χ3v) is 4.57. The van der Waals surface area contributed by atoms with Gasteiger partial charge in [0.2, 0.25) is 0 Å². The zero-order valence-corrected chi connectivity index (χ0v) is 14.5. The Labute approximate surface area is 130 Å². The largest absolute Gasteiger partial charge is 0.327 e. The van der Waals surface area contributed by atoms with E-state index in [1.54, 1.807) is 0 Å². The monoisotopic (exact) mass is 346 g/mol. The molecule has 0 aromatic heterocycles. The topological polar surface area (TPSA) is 29.3 Å². The van der Waals surface area contributed by atoms with E-state index in [9.17, 15) is 0 Å². The molecule has 0 radical (unpaired) electrons. The third kappa shape index (κ3) is 5.07. The van der Waals surface area contributed by atoms with Crippen LogP contribution < -0.4 is 5.73 Å². The molecule has 2 N–H and O–H groups in total. The van der Waals surface area contributed by atoms with Crippen LogP contribution in [0.3, 0.4) is 0 Å². The number of rotatable bonds is 6. The summed E-state index contributed by atoms with van der Waals surface area (Å²) in [6, 6.07) is 6.61. The van der Waals surface area contributed by atoms with Crippen molar-refractivity contribution >= 4 is 27.5 Å². The predicted octanol–water partition coefficient (Wildman–Crippen LogP) is 4.47. The molecule has 2 nitrogen and oxygen atoms in total. The summed E-state index contributed by atoms with van der Waals surface area (Å²) in [5.41, 5.74) is 7.25. The van der Waals surface area contributed by atoms with Crippen LogP contribution >= 0.6 is 27.5 Å². The Kier molecular flexibility index (Phi) is 6.81. The molecule has 1 aromatic carbocycles. The van der Waals surface area contributed by atoms with Crippen molar-refractivity contribution < 1.29 is 0 Å². The van der Waals surface area contributed by atoms with E-state index in [4.69, 9.17) is 17.3 Å². The number of nitrogens with zero attached hydrogens (tertiary/aromatic N) is 1. The van der Waals surface area contributed by atoms with Crippen LogP contribution in [0.15, 0.2) is 22.7 Å². The second-order valence-electron chi connectivity index (χ2n) is 5.52. The van der Waals surface area contributed by atoms with Crippen molar-refractivity contribution in [2.45, 2.75) is 39.3 Å². The Morgan fingerprint density at radius 3 is 2.47 bits per heavy atom. The van der Waals surface area contributed by atoms with Gasteiger partial charge in [0.15, 0.2) is 0 Å². The lowest BCUT2D eigenvalue weighted by Gasteiger charge is -2.27. The van der Waals surface area contributed by atoms with Crippen LogP contribution in [0, 0.1) is 5.92 Å². The van der Waals surface area contributed by atoms with E-state index >= 15 is 0 Å². The molecule has 0 fully saturated rings. The first-order valence-corrected chi connectivity index (χ1v) is 7.90. The minimum absolute atomic E-state index is 0.259. The molecule has 0 saturated carbocycles. The lowest BCUT2D eigenvalue weighted by molar-refractivity contribution is 0.243. The maximum atomic E-state index is 6.30. The van der Waals surface area contributed by atoms with Crippen molar-refractivity contribution in [3.63, 3.8) is 0 Å². The summed E-state index contributed by atoms with van der Waals surface area (Å²) in [4.78, 5) is 2.30. The molecule has 0 saturated heterocycles. The molecule has 4 heteroatoms. The fourth-order valence-electron chi connectivity index (χ4n) is 1.96. The fraction of sp³-hybridized carbons (Fsp3) is 0.600. The van der Waals surface area contributed by atoms with Gasteiger partial charge in [-0.3, -0.25) is 4.90 Å². The van der Waals surface area contributed by atoms with Crippen LogP contribution in [0.2, 0.25) is 5.02 Å². The van der Waals surface area contributed by atoms with Crippen LogP contribution in [0.4, 0.5) is 0 Å². The molecule has 1 rings (SSSR count). The third-order valence-electron chi connectivity index (χ3n) is 3.75. The Morgan fingerprint density at radius 2 is 1.95 bits per heavy atom. The number of nitrogens with two attached hydrogens (primary N) is 1. The van der Waals surface area contributed by atoms with Gasteiger partial charge in [-0.2, -0.15) is 0 Å². The van der Waals surface area contributed by atoms with Gasteiger partial charge in [-0.25, -0.2) is 0 Å². The average molecular weight is 348 g/mol. The summed E-state index contributed by atoms with van der Waals surface area (Å²) in [5.74, 6) is 0.528. The van der Waals surface area contributed by atoms with Gasteiger partial charge in [0, 0.05) is 21.6 Å². The zero-order valence-electron chi connectivity index (χ0n) is 12.2. The van der Waals surface area contributed by atoms with E-state index in [-0.39, 0.29) is 6.04 Å². The summed E-state index contributed by atoms with van der Waals surface area (Å²) < 4.78 is 1.01. The summed E-state index contributed by atoms with van der Waals surface area (Å²) in [6.45, 7) is 7.49. The van der Waals surface area contributed by atoms with E-state index < -0.39 is 0 Å². The fourth-order valence-corrected chi connectivity index (χ4v) is 2.79. The van der Waals surface area contributed by atoms with Gasteiger partial charge in [-0.05, 0) is 50.6 Å². The second kappa shape index (κ2) is 7.63. The summed E-state index contributed by atoms with van der Waals surface area (Å²) in [5, 5.41) is 0.807. The minimum Gasteiger partial charge on any atom is -0.327 e. The van der Waals surface area contributed by atoms with Gasteiger partial charge in [0.1, 0.15) is 0 Å². The van der Waals surface area contributed by atoms with E-state index in [2.05, 4.69) is 54.7 Å². The van der Waals surface area contributed by atoms with Gasteiger partial charge in [-0.15, -0.1) is 0 Å². The Bertz CT molecular complexity index is 409. The maximum absolute atomic E-state index is 6.30. The zero-order chi connectivity index (χ0) is 14.6. The molecule has 2 unspecified atom stereocenters. The van der Waals surface area contributed by atoms with Crippen molar-refractivity contribution in [3.05, 3.63) is 33.3 Å². The molecule has 0 aliphatic rings. The van der Waals surface area contributed by atoms with Crippen LogP contribution in [-0.4, -0.2) is 24.5 Å². The van der Waals surface area contributed by atoms with Crippen LogP contribution in [0.1, 0.15) is 38.8 Å². The SMILES string of the molecule is CC(C)C(N)CCN(C)C(C)c1ccc(Br)cc1Cl. The maximum Gasteiger partial charge on any atom is 0.0464 e. The highest BCUT2D eigenvalue weighted by molar-refractivity contribution is 9.10. The lowest BCUT2D eigenvalue weighted by atomic mass is 10.0. The second-order valence-corrected chi connectivity index (χ2v) is 6.84. The van der Waals surface area contributed by atoms with Crippen molar-refractivity contribution in [1.82, 2.24) is 4.90 Å². The summed E-state index contributed by atoms with van der Waals surface area (Å²) in [6.07, 6.45) is 1.01. The highest BCUT2D eigenvalue weighted by Gasteiger charge is 2.16. The smallest absolute Gasteiger partial charge is 0.0464 e.